The lowest BCUT2D eigenvalue weighted by Gasteiger charge is -2.31. The third-order valence-electron chi connectivity index (χ3n) is 6.68. The molecular formula is C29H22ClF2N5O. The van der Waals surface area contributed by atoms with Crippen molar-refractivity contribution >= 4 is 23.3 Å². The number of urea groups is 1. The van der Waals surface area contributed by atoms with Crippen LogP contribution < -0.4 is 5.32 Å². The fourth-order valence-electron chi connectivity index (χ4n) is 4.96. The molecule has 1 aliphatic heterocycles. The summed E-state index contributed by atoms with van der Waals surface area (Å²) < 4.78 is 32.3. The Labute approximate surface area is 222 Å². The predicted molar refractivity (Wildman–Crippen MR) is 142 cm³/mol. The summed E-state index contributed by atoms with van der Waals surface area (Å²) in [6.45, 7) is 2.05. The van der Waals surface area contributed by atoms with E-state index in [0.29, 0.717) is 5.02 Å². The normalized spacial score (nSPS) is 14.5. The van der Waals surface area contributed by atoms with E-state index in [9.17, 15) is 13.6 Å². The van der Waals surface area contributed by atoms with Crippen LogP contribution in [0.2, 0.25) is 5.02 Å². The number of hydrogen-bond donors (Lipinski definition) is 1. The second-order valence-corrected chi connectivity index (χ2v) is 9.51. The number of nitrogens with one attached hydrogen (secondary N) is 1. The van der Waals surface area contributed by atoms with Crippen molar-refractivity contribution in [3.8, 4) is 11.5 Å². The summed E-state index contributed by atoms with van der Waals surface area (Å²) >= 11 is 6.37. The van der Waals surface area contributed by atoms with Crippen molar-refractivity contribution in [2.75, 3.05) is 5.32 Å². The van der Waals surface area contributed by atoms with Crippen LogP contribution in [0.1, 0.15) is 28.6 Å². The van der Waals surface area contributed by atoms with Crippen LogP contribution in [0.5, 0.6) is 0 Å². The third-order valence-corrected chi connectivity index (χ3v) is 6.92. The largest absolute Gasteiger partial charge is 0.323 e. The quantitative estimate of drug-likeness (QED) is 0.272. The van der Waals surface area contributed by atoms with E-state index >= 15 is 0 Å². The first kappa shape index (κ1) is 23.9. The molecule has 6 rings (SSSR count). The molecule has 0 spiro atoms. The second-order valence-electron chi connectivity index (χ2n) is 9.08. The zero-order valence-electron chi connectivity index (χ0n) is 20.3. The Morgan fingerprint density at radius 2 is 1.82 bits per heavy atom. The molecule has 2 amide bonds. The Morgan fingerprint density at radius 1 is 1.00 bits per heavy atom. The molecule has 0 saturated carbocycles. The van der Waals surface area contributed by atoms with Crippen molar-refractivity contribution in [1.29, 1.82) is 0 Å². The van der Waals surface area contributed by atoms with Crippen molar-refractivity contribution in [2.24, 2.45) is 0 Å². The molecule has 0 saturated heterocycles. The van der Waals surface area contributed by atoms with Crippen LogP contribution in [0, 0.1) is 18.6 Å². The van der Waals surface area contributed by atoms with Crippen LogP contribution in [0.3, 0.4) is 0 Å². The molecule has 6 nitrogen and oxygen atoms in total. The first-order valence-corrected chi connectivity index (χ1v) is 12.4. The molecule has 0 bridgehead atoms. The number of rotatable bonds is 3. The number of carbonyl (C=O) groups is 1. The average Bonchev–Trinajstić information content (AvgIpc) is 3.47. The van der Waals surface area contributed by atoms with Crippen LogP contribution in [-0.4, -0.2) is 25.3 Å². The highest BCUT2D eigenvalue weighted by Gasteiger charge is 2.36. The molecule has 9 heteroatoms. The summed E-state index contributed by atoms with van der Waals surface area (Å²) in [5.41, 5.74) is 3.76. The standard InChI is InChI=1S/C29H22ClF2N5O/c1-18-23-17-36(29(38)33-25-16-21(31)12-13-24(25)32)27(19-7-5-8-20(30)15-19)26-11-6-14-35(26)28(23)37(34-18)22-9-3-2-4-10-22/h2-16,27H,17H2,1H3,(H,33,38)/t27-/m0/s1. The van der Waals surface area contributed by atoms with Crippen molar-refractivity contribution < 1.29 is 13.6 Å². The van der Waals surface area contributed by atoms with Gasteiger partial charge in [-0.15, -0.1) is 0 Å². The number of anilines is 1. The molecule has 190 valence electrons. The number of aromatic nitrogens is 3. The first-order valence-electron chi connectivity index (χ1n) is 12.0. The Hall–Kier alpha value is -4.43. The Kier molecular flexibility index (Phi) is 5.96. The number of amides is 2. The molecule has 3 heterocycles. The highest BCUT2D eigenvalue weighted by molar-refractivity contribution is 6.30. The highest BCUT2D eigenvalue weighted by atomic mass is 35.5. The van der Waals surface area contributed by atoms with E-state index in [1.54, 1.807) is 17.0 Å². The van der Waals surface area contributed by atoms with Gasteiger partial charge in [-0.3, -0.25) is 0 Å². The summed E-state index contributed by atoms with van der Waals surface area (Å²) in [6.07, 6.45) is 1.93. The van der Waals surface area contributed by atoms with Crippen molar-refractivity contribution in [2.45, 2.75) is 19.5 Å². The molecule has 0 radical (unpaired) electrons. The average molecular weight is 530 g/mol. The van der Waals surface area contributed by atoms with Gasteiger partial charge in [-0.25, -0.2) is 18.3 Å². The maximum atomic E-state index is 14.5. The lowest BCUT2D eigenvalue weighted by Crippen LogP contribution is -2.38. The van der Waals surface area contributed by atoms with Crippen LogP contribution in [0.15, 0.2) is 91.1 Å². The van der Waals surface area contributed by atoms with Gasteiger partial charge in [0.15, 0.2) is 0 Å². The van der Waals surface area contributed by atoms with Gasteiger partial charge in [-0.2, -0.15) is 5.10 Å². The Balaban J connectivity index is 1.54. The lowest BCUT2D eigenvalue weighted by atomic mass is 10.0. The van der Waals surface area contributed by atoms with E-state index < -0.39 is 23.7 Å². The summed E-state index contributed by atoms with van der Waals surface area (Å²) in [5, 5.41) is 7.90. The van der Waals surface area contributed by atoms with Crippen LogP contribution in [-0.2, 0) is 6.54 Å². The number of nitrogens with zero attached hydrogens (tertiary/aromatic N) is 4. The first-order chi connectivity index (χ1) is 18.4. The van der Waals surface area contributed by atoms with Gasteiger partial charge in [-0.05, 0) is 61.0 Å². The third kappa shape index (κ3) is 4.13. The number of benzene rings is 3. The molecule has 2 aromatic heterocycles. The van der Waals surface area contributed by atoms with Gasteiger partial charge in [0, 0.05) is 22.8 Å². The predicted octanol–water partition coefficient (Wildman–Crippen LogP) is 7.04. The minimum absolute atomic E-state index is 0.162. The SMILES string of the molecule is Cc1nn(-c2ccccc2)c2c1CN(C(=O)Nc1cc(F)ccc1F)[C@@H](c1cccc(Cl)c1)c1cccn1-2. The van der Waals surface area contributed by atoms with Crippen molar-refractivity contribution in [3.63, 3.8) is 0 Å². The van der Waals surface area contributed by atoms with Crippen molar-refractivity contribution in [3.05, 3.63) is 130 Å². The number of halogens is 3. The van der Waals surface area contributed by atoms with E-state index in [1.165, 1.54) is 0 Å². The molecule has 38 heavy (non-hydrogen) atoms. The fraction of sp³-hybridized carbons (Fsp3) is 0.103. The smallest absolute Gasteiger partial charge is 0.307 e. The molecular weight excluding hydrogens is 508 g/mol. The highest BCUT2D eigenvalue weighted by Crippen LogP contribution is 2.39. The zero-order chi connectivity index (χ0) is 26.4. The Bertz CT molecular complexity index is 1660. The summed E-state index contributed by atoms with van der Waals surface area (Å²) in [7, 11) is 0. The molecule has 0 aliphatic carbocycles. The van der Waals surface area contributed by atoms with Crippen molar-refractivity contribution in [1.82, 2.24) is 19.2 Å². The van der Waals surface area contributed by atoms with Gasteiger partial charge in [0.2, 0.25) is 0 Å². The number of carbonyl (C=O) groups excluding carboxylic acids is 1. The van der Waals surface area contributed by atoms with E-state index in [0.717, 1.165) is 52.2 Å². The molecule has 5 aromatic rings. The molecule has 1 atom stereocenters. The lowest BCUT2D eigenvalue weighted by molar-refractivity contribution is 0.194. The van der Waals surface area contributed by atoms with E-state index in [4.69, 9.17) is 16.7 Å². The maximum absolute atomic E-state index is 14.5. The summed E-state index contributed by atoms with van der Waals surface area (Å²) in [5.74, 6) is -0.584. The van der Waals surface area contributed by atoms with Gasteiger partial charge in [0.25, 0.3) is 0 Å². The Morgan fingerprint density at radius 3 is 2.61 bits per heavy atom. The molecule has 1 N–H and O–H groups in total. The molecule has 0 unspecified atom stereocenters. The number of fused-ring (bicyclic) bond motifs is 3. The van der Waals surface area contributed by atoms with Crippen LogP contribution >= 0.6 is 11.6 Å². The minimum Gasteiger partial charge on any atom is -0.307 e. The number of hydrogen-bond acceptors (Lipinski definition) is 2. The molecule has 0 fully saturated rings. The zero-order valence-corrected chi connectivity index (χ0v) is 21.0. The topological polar surface area (TPSA) is 55.1 Å². The van der Waals surface area contributed by atoms with Crippen LogP contribution in [0.25, 0.3) is 11.5 Å². The second kappa shape index (κ2) is 9.46. The van der Waals surface area contributed by atoms with Crippen LogP contribution in [0.4, 0.5) is 19.3 Å². The van der Waals surface area contributed by atoms with E-state index in [1.807, 2.05) is 77.0 Å². The summed E-state index contributed by atoms with van der Waals surface area (Å²) in [6, 6.07) is 22.6. The minimum atomic E-state index is -0.731. The molecule has 3 aromatic carbocycles. The molecule has 1 aliphatic rings. The van der Waals surface area contributed by atoms with Gasteiger partial charge < -0.3 is 14.8 Å². The maximum Gasteiger partial charge on any atom is 0.323 e. The van der Waals surface area contributed by atoms with E-state index in [2.05, 4.69) is 5.32 Å². The van der Waals surface area contributed by atoms with Gasteiger partial charge in [-0.1, -0.05) is 41.9 Å². The fourth-order valence-corrected chi connectivity index (χ4v) is 5.16. The van der Waals surface area contributed by atoms with E-state index in [-0.39, 0.29) is 12.2 Å². The number of aryl methyl sites for hydroxylation is 1. The number of para-hydroxylation sites is 1. The summed E-state index contributed by atoms with van der Waals surface area (Å²) in [4.78, 5) is 15.4. The van der Waals surface area contributed by atoms with Gasteiger partial charge in [0.1, 0.15) is 17.5 Å². The van der Waals surface area contributed by atoms with Gasteiger partial charge >= 0.3 is 6.03 Å². The monoisotopic (exact) mass is 529 g/mol. The van der Waals surface area contributed by atoms with Gasteiger partial charge in [0.05, 0.1) is 35.3 Å².